The van der Waals surface area contributed by atoms with Crippen molar-refractivity contribution < 1.29 is 4.74 Å². The van der Waals surface area contributed by atoms with Crippen molar-refractivity contribution in [2.75, 3.05) is 27.2 Å². The Bertz CT molecular complexity index is 251. The molecule has 78 valence electrons. The normalized spacial score (nSPS) is 20.9. The van der Waals surface area contributed by atoms with E-state index in [1.807, 2.05) is 26.2 Å². The number of hydrogen-bond donors (Lipinski definition) is 0. The van der Waals surface area contributed by atoms with Crippen molar-refractivity contribution in [3.8, 4) is 0 Å². The Morgan fingerprint density at radius 3 is 2.86 bits per heavy atom. The van der Waals surface area contributed by atoms with Crippen molar-refractivity contribution in [3.05, 3.63) is 36.1 Å². The van der Waals surface area contributed by atoms with Crippen LogP contribution in [0.15, 0.2) is 36.1 Å². The van der Waals surface area contributed by atoms with Crippen LogP contribution in [0, 0.1) is 5.92 Å². The van der Waals surface area contributed by atoms with E-state index in [0.29, 0.717) is 5.92 Å². The molecule has 0 N–H and O–H groups in total. The first-order valence-corrected chi connectivity index (χ1v) is 5.02. The van der Waals surface area contributed by atoms with Gasteiger partial charge >= 0.3 is 0 Å². The zero-order chi connectivity index (χ0) is 10.4. The maximum Gasteiger partial charge on any atom is 0.119 e. The molecule has 0 spiro atoms. The zero-order valence-corrected chi connectivity index (χ0v) is 9.23. The minimum absolute atomic E-state index is 0.501. The summed E-state index contributed by atoms with van der Waals surface area (Å²) in [4.78, 5) is 2.11. The predicted octanol–water partition coefficient (Wildman–Crippen LogP) is 2.21. The fourth-order valence-electron chi connectivity index (χ4n) is 1.13. The molecule has 0 saturated heterocycles. The van der Waals surface area contributed by atoms with Gasteiger partial charge in [-0.05, 0) is 32.2 Å². The SMILES string of the molecule is C[C@@H]1C=CC=C(OCCN(C)C)C=C1. The van der Waals surface area contributed by atoms with Gasteiger partial charge in [-0.1, -0.05) is 25.2 Å². The molecule has 1 atom stereocenters. The molecule has 0 unspecified atom stereocenters. The highest BCUT2D eigenvalue weighted by Gasteiger charge is 1.98. The van der Waals surface area contributed by atoms with Crippen LogP contribution in [-0.4, -0.2) is 32.1 Å². The van der Waals surface area contributed by atoms with Gasteiger partial charge in [-0.25, -0.2) is 0 Å². The Labute approximate surface area is 86.6 Å². The zero-order valence-electron chi connectivity index (χ0n) is 9.23. The van der Waals surface area contributed by atoms with Crippen molar-refractivity contribution >= 4 is 0 Å². The summed E-state index contributed by atoms with van der Waals surface area (Å²) < 4.78 is 5.60. The molecule has 0 aromatic rings. The van der Waals surface area contributed by atoms with E-state index in [1.165, 1.54) is 0 Å². The third-order valence-corrected chi connectivity index (χ3v) is 2.05. The number of likely N-dealkylation sites (N-methyl/N-ethyl adjacent to an activating group) is 1. The summed E-state index contributed by atoms with van der Waals surface area (Å²) in [5.41, 5.74) is 0. The number of rotatable bonds is 4. The van der Waals surface area contributed by atoms with E-state index < -0.39 is 0 Å². The van der Waals surface area contributed by atoms with Crippen LogP contribution >= 0.6 is 0 Å². The topological polar surface area (TPSA) is 12.5 Å². The predicted molar refractivity (Wildman–Crippen MR) is 60.0 cm³/mol. The number of hydrogen-bond acceptors (Lipinski definition) is 2. The first-order valence-electron chi connectivity index (χ1n) is 5.02. The van der Waals surface area contributed by atoms with E-state index in [9.17, 15) is 0 Å². The summed E-state index contributed by atoms with van der Waals surface area (Å²) in [7, 11) is 4.09. The molecule has 2 nitrogen and oxygen atoms in total. The van der Waals surface area contributed by atoms with E-state index in [-0.39, 0.29) is 0 Å². The summed E-state index contributed by atoms with van der Waals surface area (Å²) in [5, 5.41) is 0. The molecular formula is C12H19NO. The summed E-state index contributed by atoms with van der Waals surface area (Å²) in [5.74, 6) is 1.45. The monoisotopic (exact) mass is 193 g/mol. The third-order valence-electron chi connectivity index (χ3n) is 2.05. The molecule has 14 heavy (non-hydrogen) atoms. The second kappa shape index (κ2) is 5.66. The molecule has 1 aliphatic rings. The lowest BCUT2D eigenvalue weighted by molar-refractivity contribution is 0.193. The Hall–Kier alpha value is -1.02. The molecule has 0 heterocycles. The Morgan fingerprint density at radius 2 is 2.14 bits per heavy atom. The second-order valence-corrected chi connectivity index (χ2v) is 3.82. The molecule has 0 fully saturated rings. The standard InChI is InChI=1S/C12H19NO/c1-11-5-4-6-12(8-7-11)14-10-9-13(2)3/h4-8,11H,9-10H2,1-3H3/t11-/m1/s1. The molecule has 0 aromatic carbocycles. The molecule has 0 radical (unpaired) electrons. The van der Waals surface area contributed by atoms with Gasteiger partial charge in [0, 0.05) is 6.54 Å². The van der Waals surface area contributed by atoms with Gasteiger partial charge in [-0.15, -0.1) is 0 Å². The van der Waals surface area contributed by atoms with Gasteiger partial charge in [-0.2, -0.15) is 0 Å². The quantitative estimate of drug-likeness (QED) is 0.678. The summed E-state index contributed by atoms with van der Waals surface area (Å²) in [6.45, 7) is 3.85. The molecule has 2 heteroatoms. The highest BCUT2D eigenvalue weighted by molar-refractivity contribution is 5.24. The van der Waals surface area contributed by atoms with Crippen LogP contribution in [0.3, 0.4) is 0 Å². The maximum atomic E-state index is 5.60. The van der Waals surface area contributed by atoms with Crippen LogP contribution in [0.5, 0.6) is 0 Å². The molecule has 0 bridgehead atoms. The van der Waals surface area contributed by atoms with Crippen molar-refractivity contribution in [1.82, 2.24) is 4.90 Å². The van der Waals surface area contributed by atoms with E-state index in [4.69, 9.17) is 4.74 Å². The smallest absolute Gasteiger partial charge is 0.119 e. The highest BCUT2D eigenvalue weighted by Crippen LogP contribution is 2.10. The Kier molecular flexibility index (Phi) is 4.47. The Balaban J connectivity index is 2.34. The lowest BCUT2D eigenvalue weighted by atomic mass is 10.2. The number of nitrogens with zero attached hydrogens (tertiary/aromatic N) is 1. The van der Waals surface area contributed by atoms with Crippen molar-refractivity contribution in [1.29, 1.82) is 0 Å². The summed E-state index contributed by atoms with van der Waals surface area (Å²) >= 11 is 0. The van der Waals surface area contributed by atoms with Crippen LogP contribution < -0.4 is 0 Å². The van der Waals surface area contributed by atoms with Gasteiger partial charge in [0.15, 0.2) is 0 Å². The van der Waals surface area contributed by atoms with E-state index >= 15 is 0 Å². The molecule has 0 saturated carbocycles. The fourth-order valence-corrected chi connectivity index (χ4v) is 1.13. The molecule has 0 aromatic heterocycles. The molecule has 0 aliphatic heterocycles. The first-order chi connectivity index (χ1) is 6.68. The fraction of sp³-hybridized carbons (Fsp3) is 0.500. The van der Waals surface area contributed by atoms with Gasteiger partial charge in [0.05, 0.1) is 0 Å². The van der Waals surface area contributed by atoms with Crippen LogP contribution in [-0.2, 0) is 4.74 Å². The van der Waals surface area contributed by atoms with Crippen molar-refractivity contribution in [2.45, 2.75) is 6.92 Å². The van der Waals surface area contributed by atoms with Gasteiger partial charge in [0.1, 0.15) is 12.4 Å². The number of ether oxygens (including phenoxy) is 1. The molecule has 1 rings (SSSR count). The second-order valence-electron chi connectivity index (χ2n) is 3.82. The summed E-state index contributed by atoms with van der Waals surface area (Å²) in [6, 6.07) is 0. The first kappa shape index (κ1) is 11.1. The minimum atomic E-state index is 0.501. The maximum absolute atomic E-state index is 5.60. The van der Waals surface area contributed by atoms with Crippen molar-refractivity contribution in [3.63, 3.8) is 0 Å². The van der Waals surface area contributed by atoms with Crippen LogP contribution in [0.1, 0.15) is 6.92 Å². The average molecular weight is 193 g/mol. The van der Waals surface area contributed by atoms with Gasteiger partial charge < -0.3 is 9.64 Å². The van der Waals surface area contributed by atoms with Gasteiger partial charge in [0.2, 0.25) is 0 Å². The Morgan fingerprint density at radius 1 is 1.36 bits per heavy atom. The van der Waals surface area contributed by atoms with Crippen molar-refractivity contribution in [2.24, 2.45) is 5.92 Å². The van der Waals surface area contributed by atoms with Gasteiger partial charge in [0.25, 0.3) is 0 Å². The average Bonchev–Trinajstić information content (AvgIpc) is 2.30. The molecular weight excluding hydrogens is 174 g/mol. The lowest BCUT2D eigenvalue weighted by Gasteiger charge is -2.11. The van der Waals surface area contributed by atoms with E-state index in [2.05, 4.69) is 30.1 Å². The summed E-state index contributed by atoms with van der Waals surface area (Å²) in [6.07, 6.45) is 10.4. The van der Waals surface area contributed by atoms with Crippen LogP contribution in [0.2, 0.25) is 0 Å². The van der Waals surface area contributed by atoms with Crippen LogP contribution in [0.25, 0.3) is 0 Å². The third kappa shape index (κ3) is 4.28. The van der Waals surface area contributed by atoms with E-state index in [1.54, 1.807) is 0 Å². The number of allylic oxidation sites excluding steroid dienone is 5. The largest absolute Gasteiger partial charge is 0.492 e. The molecule has 0 amide bonds. The van der Waals surface area contributed by atoms with Crippen LogP contribution in [0.4, 0.5) is 0 Å². The highest BCUT2D eigenvalue weighted by atomic mass is 16.5. The molecule has 1 aliphatic carbocycles. The van der Waals surface area contributed by atoms with E-state index in [0.717, 1.165) is 18.9 Å². The lowest BCUT2D eigenvalue weighted by Crippen LogP contribution is -2.17. The minimum Gasteiger partial charge on any atom is -0.492 e. The van der Waals surface area contributed by atoms with Gasteiger partial charge in [-0.3, -0.25) is 0 Å².